The second-order valence-electron chi connectivity index (χ2n) is 8.20. The number of sulfonamides is 1. The number of methoxy groups -OCH3 is 1. The molecule has 0 heterocycles. The minimum atomic E-state index is -3.68. The van der Waals surface area contributed by atoms with E-state index in [2.05, 4.69) is 36.5 Å². The van der Waals surface area contributed by atoms with Crippen molar-refractivity contribution in [2.24, 2.45) is 5.92 Å². The summed E-state index contributed by atoms with van der Waals surface area (Å²) < 4.78 is 31.3. The zero-order valence-corrected chi connectivity index (χ0v) is 19.8. The Labute approximate surface area is 190 Å². The summed E-state index contributed by atoms with van der Waals surface area (Å²) in [4.78, 5) is 12.7. The van der Waals surface area contributed by atoms with Gasteiger partial charge in [0.1, 0.15) is 12.3 Å². The Bertz CT molecular complexity index is 1200. The van der Waals surface area contributed by atoms with E-state index in [0.717, 1.165) is 22.5 Å². The average molecular weight is 455 g/mol. The van der Waals surface area contributed by atoms with Crippen molar-refractivity contribution in [2.75, 3.05) is 30.8 Å². The molecule has 0 aliphatic heterocycles. The molecule has 7 heteroatoms. The summed E-state index contributed by atoms with van der Waals surface area (Å²) in [7, 11) is -2.21. The molecular weight excluding hydrogens is 424 g/mol. The number of anilines is 1. The first kappa shape index (κ1) is 23.6. The molecule has 3 aromatic rings. The number of hydrogen-bond donors (Lipinski definition) is 1. The van der Waals surface area contributed by atoms with Gasteiger partial charge in [-0.2, -0.15) is 0 Å². The van der Waals surface area contributed by atoms with Crippen molar-refractivity contribution in [1.82, 2.24) is 5.32 Å². The van der Waals surface area contributed by atoms with Crippen LogP contribution >= 0.6 is 0 Å². The lowest BCUT2D eigenvalue weighted by Gasteiger charge is -2.24. The minimum Gasteiger partial charge on any atom is -0.495 e. The second kappa shape index (κ2) is 10.0. The molecule has 1 N–H and O–H groups in total. The van der Waals surface area contributed by atoms with Gasteiger partial charge >= 0.3 is 0 Å². The summed E-state index contributed by atoms with van der Waals surface area (Å²) >= 11 is 0. The lowest BCUT2D eigenvalue weighted by molar-refractivity contribution is -0.119. The number of rotatable bonds is 9. The molecule has 0 aromatic heterocycles. The van der Waals surface area contributed by atoms with Gasteiger partial charge in [0, 0.05) is 6.54 Å². The highest BCUT2D eigenvalue weighted by Crippen LogP contribution is 2.30. The molecular formula is C25H30N2O4S. The smallest absolute Gasteiger partial charge is 0.240 e. The van der Waals surface area contributed by atoms with Gasteiger partial charge < -0.3 is 10.1 Å². The summed E-state index contributed by atoms with van der Waals surface area (Å²) in [5.74, 6) is 0.229. The summed E-state index contributed by atoms with van der Waals surface area (Å²) in [5.41, 5.74) is 2.46. The fraction of sp³-hybridized carbons (Fsp3) is 0.320. The number of fused-ring (bicyclic) bond motifs is 1. The lowest BCUT2D eigenvalue weighted by atomic mass is 9.96. The fourth-order valence-corrected chi connectivity index (χ4v) is 4.62. The number of hydrogen-bond acceptors (Lipinski definition) is 4. The van der Waals surface area contributed by atoms with E-state index in [0.29, 0.717) is 18.0 Å². The number of nitrogens with zero attached hydrogens (tertiary/aromatic N) is 1. The highest BCUT2D eigenvalue weighted by molar-refractivity contribution is 7.92. The SMILES string of the molecule is COc1ccc(C)cc1N(CC(=O)NCC(C)Cc1cccc2ccccc12)S(C)(=O)=O. The minimum absolute atomic E-state index is 0.185. The van der Waals surface area contributed by atoms with E-state index >= 15 is 0 Å². The highest BCUT2D eigenvalue weighted by atomic mass is 32.2. The zero-order chi connectivity index (χ0) is 23.3. The van der Waals surface area contributed by atoms with Crippen LogP contribution in [0.4, 0.5) is 5.69 Å². The highest BCUT2D eigenvalue weighted by Gasteiger charge is 2.24. The van der Waals surface area contributed by atoms with Crippen LogP contribution < -0.4 is 14.4 Å². The van der Waals surface area contributed by atoms with E-state index in [1.807, 2.05) is 31.2 Å². The maximum Gasteiger partial charge on any atom is 0.240 e. The first-order chi connectivity index (χ1) is 15.2. The molecule has 0 fully saturated rings. The van der Waals surface area contributed by atoms with Crippen molar-refractivity contribution in [1.29, 1.82) is 0 Å². The third-order valence-corrected chi connectivity index (χ3v) is 6.51. The van der Waals surface area contributed by atoms with E-state index in [1.54, 1.807) is 12.1 Å². The van der Waals surface area contributed by atoms with Crippen LogP contribution in [0, 0.1) is 12.8 Å². The number of amides is 1. The molecule has 170 valence electrons. The summed E-state index contributed by atoms with van der Waals surface area (Å²) in [6.07, 6.45) is 1.90. The van der Waals surface area contributed by atoms with Crippen molar-refractivity contribution in [3.8, 4) is 5.75 Å². The van der Waals surface area contributed by atoms with Gasteiger partial charge in [0.2, 0.25) is 15.9 Å². The van der Waals surface area contributed by atoms with E-state index in [9.17, 15) is 13.2 Å². The van der Waals surface area contributed by atoms with E-state index in [4.69, 9.17) is 4.74 Å². The number of nitrogens with one attached hydrogen (secondary N) is 1. The van der Waals surface area contributed by atoms with E-state index in [1.165, 1.54) is 23.4 Å². The largest absolute Gasteiger partial charge is 0.495 e. The average Bonchev–Trinajstić information content (AvgIpc) is 2.75. The number of carbonyl (C=O) groups excluding carboxylic acids is 1. The molecule has 3 aromatic carbocycles. The standard InChI is InChI=1S/C25H30N2O4S/c1-18-12-13-24(31-3)23(15-18)27(32(4,29)30)17-25(28)26-16-19(2)14-21-10-7-9-20-8-5-6-11-22(20)21/h5-13,15,19H,14,16-17H2,1-4H3,(H,26,28). The number of carbonyl (C=O) groups is 1. The van der Waals surface area contributed by atoms with Crippen LogP contribution in [0.2, 0.25) is 0 Å². The molecule has 0 spiro atoms. The number of ether oxygens (including phenoxy) is 1. The molecule has 0 radical (unpaired) electrons. The summed E-state index contributed by atoms with van der Waals surface area (Å²) in [6.45, 7) is 4.07. The van der Waals surface area contributed by atoms with Gasteiger partial charge in [0.05, 0.1) is 19.1 Å². The van der Waals surface area contributed by atoms with Crippen LogP contribution in [-0.2, 0) is 21.2 Å². The molecule has 0 bridgehead atoms. The molecule has 1 unspecified atom stereocenters. The van der Waals surface area contributed by atoms with Crippen molar-refractivity contribution < 1.29 is 17.9 Å². The Kier molecular flexibility index (Phi) is 7.40. The van der Waals surface area contributed by atoms with Crippen LogP contribution in [0.1, 0.15) is 18.1 Å². The molecule has 0 saturated heterocycles. The Morgan fingerprint density at radius 2 is 1.81 bits per heavy atom. The normalized spacial score (nSPS) is 12.4. The molecule has 1 atom stereocenters. The van der Waals surface area contributed by atoms with Crippen molar-refractivity contribution >= 4 is 32.4 Å². The van der Waals surface area contributed by atoms with Crippen LogP contribution in [-0.4, -0.2) is 40.8 Å². The Hall–Kier alpha value is -3.06. The predicted octanol–water partition coefficient (Wildman–Crippen LogP) is 3.92. The Morgan fingerprint density at radius 1 is 1.09 bits per heavy atom. The first-order valence-electron chi connectivity index (χ1n) is 10.5. The van der Waals surface area contributed by atoms with Crippen LogP contribution in [0.25, 0.3) is 10.8 Å². The van der Waals surface area contributed by atoms with Gasteiger partial charge in [-0.15, -0.1) is 0 Å². The van der Waals surface area contributed by atoms with Crippen molar-refractivity contribution in [3.05, 3.63) is 71.8 Å². The molecule has 1 amide bonds. The van der Waals surface area contributed by atoms with Crippen LogP contribution in [0.3, 0.4) is 0 Å². The molecule has 0 aliphatic carbocycles. The van der Waals surface area contributed by atoms with E-state index in [-0.39, 0.29) is 18.4 Å². The van der Waals surface area contributed by atoms with Gasteiger partial charge in [0.15, 0.2) is 0 Å². The van der Waals surface area contributed by atoms with Crippen molar-refractivity contribution in [2.45, 2.75) is 20.3 Å². The van der Waals surface area contributed by atoms with Gasteiger partial charge in [-0.05, 0) is 53.3 Å². The number of aryl methyl sites for hydroxylation is 1. The maximum absolute atomic E-state index is 12.7. The second-order valence-corrected chi connectivity index (χ2v) is 10.1. The Balaban J connectivity index is 1.67. The maximum atomic E-state index is 12.7. The predicted molar refractivity (Wildman–Crippen MR) is 130 cm³/mol. The third kappa shape index (κ3) is 5.79. The van der Waals surface area contributed by atoms with Gasteiger partial charge in [0.25, 0.3) is 0 Å². The van der Waals surface area contributed by atoms with Crippen molar-refractivity contribution in [3.63, 3.8) is 0 Å². The molecule has 32 heavy (non-hydrogen) atoms. The third-order valence-electron chi connectivity index (χ3n) is 5.39. The zero-order valence-electron chi connectivity index (χ0n) is 19.0. The summed E-state index contributed by atoms with van der Waals surface area (Å²) in [6, 6.07) is 19.7. The number of benzene rings is 3. The van der Waals surface area contributed by atoms with Gasteiger partial charge in [-0.1, -0.05) is 55.5 Å². The molecule has 3 rings (SSSR count). The summed E-state index contributed by atoms with van der Waals surface area (Å²) in [5, 5.41) is 5.29. The molecule has 0 aliphatic rings. The van der Waals surface area contributed by atoms with E-state index < -0.39 is 10.0 Å². The fourth-order valence-electron chi connectivity index (χ4n) is 3.77. The van der Waals surface area contributed by atoms with Gasteiger partial charge in [-0.25, -0.2) is 8.42 Å². The van der Waals surface area contributed by atoms with Gasteiger partial charge in [-0.3, -0.25) is 9.10 Å². The Morgan fingerprint density at radius 3 is 2.53 bits per heavy atom. The monoisotopic (exact) mass is 454 g/mol. The lowest BCUT2D eigenvalue weighted by Crippen LogP contribution is -2.41. The quantitative estimate of drug-likeness (QED) is 0.532. The first-order valence-corrected chi connectivity index (χ1v) is 12.4. The topological polar surface area (TPSA) is 75.7 Å². The van der Waals surface area contributed by atoms with Crippen LogP contribution in [0.15, 0.2) is 60.7 Å². The molecule has 6 nitrogen and oxygen atoms in total. The van der Waals surface area contributed by atoms with Crippen LogP contribution in [0.5, 0.6) is 5.75 Å². The molecule has 0 saturated carbocycles.